The number of rotatable bonds is 6. The minimum atomic E-state index is -0.350. The molecule has 7 nitrogen and oxygen atoms in total. The molecule has 0 spiro atoms. The lowest BCUT2D eigenvalue weighted by molar-refractivity contribution is -0.115. The zero-order chi connectivity index (χ0) is 20.5. The lowest BCUT2D eigenvalue weighted by atomic mass is 10.2. The van der Waals surface area contributed by atoms with Crippen molar-refractivity contribution in [3.05, 3.63) is 54.4 Å². The van der Waals surface area contributed by atoms with Gasteiger partial charge in [-0.15, -0.1) is 5.10 Å². The summed E-state index contributed by atoms with van der Waals surface area (Å²) in [6, 6.07) is 15.4. The van der Waals surface area contributed by atoms with Crippen molar-refractivity contribution in [2.75, 3.05) is 18.5 Å². The Morgan fingerprint density at radius 3 is 2.67 bits per heavy atom. The first-order valence-electron chi connectivity index (χ1n) is 10.1. The van der Waals surface area contributed by atoms with Crippen LogP contribution in [0.5, 0.6) is 11.5 Å². The van der Waals surface area contributed by atoms with Gasteiger partial charge in [-0.2, -0.15) is 0 Å². The molecule has 30 heavy (non-hydrogen) atoms. The SMILES string of the molecule is CC(Sc1nc(C2CC2)n(-c2ccccc2)n1)C(=O)Nc1ccc2c(c1)OCCO2. The number of fused-ring (bicyclic) bond motifs is 1. The Hall–Kier alpha value is -3.00. The monoisotopic (exact) mass is 422 g/mol. The molecule has 0 bridgehead atoms. The second-order valence-electron chi connectivity index (χ2n) is 7.38. The molecular formula is C22H22N4O3S. The van der Waals surface area contributed by atoms with E-state index in [0.29, 0.717) is 41.5 Å². The number of amides is 1. The molecule has 2 heterocycles. The number of aromatic nitrogens is 3. The van der Waals surface area contributed by atoms with Crippen LogP contribution in [0.15, 0.2) is 53.7 Å². The van der Waals surface area contributed by atoms with Crippen LogP contribution in [0.3, 0.4) is 0 Å². The minimum absolute atomic E-state index is 0.110. The number of carbonyl (C=O) groups excluding carboxylic acids is 1. The molecule has 2 aliphatic rings. The van der Waals surface area contributed by atoms with Crippen molar-refractivity contribution in [2.45, 2.75) is 36.1 Å². The first kappa shape index (κ1) is 19.0. The number of nitrogens with zero attached hydrogens (tertiary/aromatic N) is 3. The molecule has 1 atom stereocenters. The third-order valence-electron chi connectivity index (χ3n) is 5.02. The number of ether oxygens (including phenoxy) is 2. The maximum atomic E-state index is 12.7. The number of nitrogens with one attached hydrogen (secondary N) is 1. The van der Waals surface area contributed by atoms with Gasteiger partial charge < -0.3 is 14.8 Å². The number of carbonyl (C=O) groups is 1. The third kappa shape index (κ3) is 4.00. The average Bonchev–Trinajstić information content (AvgIpc) is 3.54. The number of para-hydroxylation sites is 1. The van der Waals surface area contributed by atoms with Crippen LogP contribution in [0.4, 0.5) is 5.69 Å². The van der Waals surface area contributed by atoms with Gasteiger partial charge in [0.25, 0.3) is 0 Å². The molecule has 1 amide bonds. The zero-order valence-corrected chi connectivity index (χ0v) is 17.4. The van der Waals surface area contributed by atoms with Gasteiger partial charge in [0.05, 0.1) is 10.9 Å². The average molecular weight is 423 g/mol. The molecule has 1 aromatic heterocycles. The van der Waals surface area contributed by atoms with Crippen LogP contribution in [0.2, 0.25) is 0 Å². The highest BCUT2D eigenvalue weighted by atomic mass is 32.2. The van der Waals surface area contributed by atoms with E-state index >= 15 is 0 Å². The van der Waals surface area contributed by atoms with Crippen LogP contribution in [0.1, 0.15) is 31.5 Å². The summed E-state index contributed by atoms with van der Waals surface area (Å²) in [6.07, 6.45) is 2.27. The first-order valence-corrected chi connectivity index (χ1v) is 10.9. The Bertz CT molecular complexity index is 1070. The largest absolute Gasteiger partial charge is 0.486 e. The van der Waals surface area contributed by atoms with Crippen molar-refractivity contribution in [1.82, 2.24) is 14.8 Å². The molecule has 1 unspecified atom stereocenters. The maximum Gasteiger partial charge on any atom is 0.237 e. The summed E-state index contributed by atoms with van der Waals surface area (Å²) >= 11 is 1.36. The predicted octanol–water partition coefficient (Wildman–Crippen LogP) is 4.04. The number of hydrogen-bond donors (Lipinski definition) is 1. The Morgan fingerprint density at radius 2 is 1.90 bits per heavy atom. The van der Waals surface area contributed by atoms with Gasteiger partial charge in [-0.25, -0.2) is 9.67 Å². The second kappa shape index (κ2) is 8.02. The normalized spacial score (nSPS) is 16.2. The van der Waals surface area contributed by atoms with Gasteiger partial charge in [-0.3, -0.25) is 4.79 Å². The predicted molar refractivity (Wildman–Crippen MR) is 115 cm³/mol. The van der Waals surface area contributed by atoms with E-state index in [1.54, 1.807) is 6.07 Å². The molecule has 0 saturated heterocycles. The molecule has 0 radical (unpaired) electrons. The van der Waals surface area contributed by atoms with Gasteiger partial charge in [-0.1, -0.05) is 30.0 Å². The van der Waals surface area contributed by atoms with Crippen LogP contribution in [0.25, 0.3) is 5.69 Å². The molecule has 2 aromatic carbocycles. The van der Waals surface area contributed by atoms with E-state index in [1.165, 1.54) is 11.8 Å². The lowest BCUT2D eigenvalue weighted by Gasteiger charge is -2.19. The third-order valence-corrected chi connectivity index (χ3v) is 5.97. The van der Waals surface area contributed by atoms with Crippen molar-refractivity contribution >= 4 is 23.4 Å². The fraction of sp³-hybridized carbons (Fsp3) is 0.318. The van der Waals surface area contributed by atoms with Crippen molar-refractivity contribution in [3.8, 4) is 17.2 Å². The summed E-state index contributed by atoms with van der Waals surface area (Å²) in [7, 11) is 0. The van der Waals surface area contributed by atoms with Gasteiger partial charge in [0.2, 0.25) is 11.1 Å². The standard InChI is InChI=1S/C22H22N4O3S/c1-14(21(27)23-16-9-10-18-19(13-16)29-12-11-28-18)30-22-24-20(15-7-8-15)26(25-22)17-5-3-2-4-6-17/h2-6,9-10,13-15H,7-8,11-12H2,1H3,(H,23,27). The molecule has 1 aliphatic heterocycles. The van der Waals surface area contributed by atoms with Crippen LogP contribution < -0.4 is 14.8 Å². The van der Waals surface area contributed by atoms with E-state index in [4.69, 9.17) is 14.5 Å². The van der Waals surface area contributed by atoms with E-state index < -0.39 is 0 Å². The summed E-state index contributed by atoms with van der Waals surface area (Å²) in [5, 5.41) is 7.89. The highest BCUT2D eigenvalue weighted by molar-refractivity contribution is 8.00. The van der Waals surface area contributed by atoms with Crippen LogP contribution in [-0.2, 0) is 4.79 Å². The van der Waals surface area contributed by atoms with Crippen molar-refractivity contribution in [3.63, 3.8) is 0 Å². The summed E-state index contributed by atoms with van der Waals surface area (Å²) in [5.74, 6) is 2.67. The topological polar surface area (TPSA) is 78.3 Å². The van der Waals surface area contributed by atoms with E-state index in [0.717, 1.165) is 24.4 Å². The van der Waals surface area contributed by atoms with Crippen LogP contribution in [-0.4, -0.2) is 39.1 Å². The Labute approximate surface area is 178 Å². The fourth-order valence-electron chi connectivity index (χ4n) is 3.30. The number of anilines is 1. The van der Waals surface area contributed by atoms with Crippen molar-refractivity contribution < 1.29 is 14.3 Å². The molecule has 5 rings (SSSR count). The fourth-order valence-corrected chi connectivity index (χ4v) is 4.05. The highest BCUT2D eigenvalue weighted by Crippen LogP contribution is 2.40. The van der Waals surface area contributed by atoms with Gasteiger partial charge in [0.1, 0.15) is 19.0 Å². The Kier molecular flexibility index (Phi) is 5.08. The number of thioether (sulfide) groups is 1. The molecule has 3 aromatic rings. The molecule has 1 saturated carbocycles. The van der Waals surface area contributed by atoms with E-state index in [1.807, 2.05) is 54.1 Å². The van der Waals surface area contributed by atoms with Crippen molar-refractivity contribution in [2.24, 2.45) is 0 Å². The van der Waals surface area contributed by atoms with Gasteiger partial charge in [0, 0.05) is 17.7 Å². The highest BCUT2D eigenvalue weighted by Gasteiger charge is 2.31. The smallest absolute Gasteiger partial charge is 0.237 e. The van der Waals surface area contributed by atoms with E-state index in [-0.39, 0.29) is 11.2 Å². The minimum Gasteiger partial charge on any atom is -0.486 e. The number of hydrogen-bond acceptors (Lipinski definition) is 6. The summed E-state index contributed by atoms with van der Waals surface area (Å²) in [6.45, 7) is 2.91. The lowest BCUT2D eigenvalue weighted by Crippen LogP contribution is -2.23. The summed E-state index contributed by atoms with van der Waals surface area (Å²) < 4.78 is 13.0. The Morgan fingerprint density at radius 1 is 1.13 bits per heavy atom. The first-order chi connectivity index (χ1) is 14.7. The molecule has 1 aliphatic carbocycles. The van der Waals surface area contributed by atoms with E-state index in [9.17, 15) is 4.79 Å². The number of benzene rings is 2. The van der Waals surface area contributed by atoms with E-state index in [2.05, 4.69) is 10.4 Å². The summed E-state index contributed by atoms with van der Waals surface area (Å²) in [4.78, 5) is 17.5. The molecular weight excluding hydrogens is 400 g/mol. The van der Waals surface area contributed by atoms with Crippen molar-refractivity contribution in [1.29, 1.82) is 0 Å². The quantitative estimate of drug-likeness (QED) is 0.604. The van der Waals surface area contributed by atoms with Crippen LogP contribution in [0, 0.1) is 0 Å². The molecule has 1 N–H and O–H groups in total. The maximum absolute atomic E-state index is 12.7. The Balaban J connectivity index is 1.29. The zero-order valence-electron chi connectivity index (χ0n) is 16.6. The molecule has 154 valence electrons. The van der Waals surface area contributed by atoms with Crippen LogP contribution >= 0.6 is 11.8 Å². The molecule has 8 heteroatoms. The van der Waals surface area contributed by atoms with Gasteiger partial charge in [-0.05, 0) is 44.0 Å². The van der Waals surface area contributed by atoms with Gasteiger partial charge >= 0.3 is 0 Å². The molecule has 1 fully saturated rings. The van der Waals surface area contributed by atoms with Gasteiger partial charge in [0.15, 0.2) is 11.5 Å². The second-order valence-corrected chi connectivity index (χ2v) is 8.69. The summed E-state index contributed by atoms with van der Waals surface area (Å²) in [5.41, 5.74) is 1.67.